The molecule has 1 aromatic heterocycles. The molecule has 26 heavy (non-hydrogen) atoms. The number of carbonyl (C=O) groups is 1. The normalized spacial score (nSPS) is 11.3. The van der Waals surface area contributed by atoms with Crippen LogP contribution in [0.3, 0.4) is 0 Å². The van der Waals surface area contributed by atoms with Crippen LogP contribution in [0.1, 0.15) is 29.3 Å². The van der Waals surface area contributed by atoms with E-state index in [1.165, 1.54) is 20.2 Å². The number of methoxy groups -OCH3 is 1. The van der Waals surface area contributed by atoms with E-state index in [1.807, 2.05) is 10.8 Å². The molecule has 0 N–H and O–H groups in total. The summed E-state index contributed by atoms with van der Waals surface area (Å²) < 4.78 is 32.6. The second kappa shape index (κ2) is 7.78. The van der Waals surface area contributed by atoms with Gasteiger partial charge in [-0.05, 0) is 24.1 Å². The number of rotatable bonds is 8. The minimum absolute atomic E-state index is 0.301. The molecule has 6 nitrogen and oxygen atoms in total. The molecule has 0 radical (unpaired) electrons. The Bertz CT molecular complexity index is 958. The Balaban J connectivity index is 2.91. The highest BCUT2D eigenvalue weighted by Gasteiger charge is 2.23. The lowest BCUT2D eigenvalue weighted by molar-refractivity contribution is 0.0601. The lowest BCUT2D eigenvalue weighted by Gasteiger charge is -2.20. The highest BCUT2D eigenvalue weighted by molar-refractivity contribution is 7.95. The second-order valence-electron chi connectivity index (χ2n) is 5.91. The summed E-state index contributed by atoms with van der Waals surface area (Å²) in [6.45, 7) is 9.74. The number of fused-ring (bicyclic) bond motifs is 1. The van der Waals surface area contributed by atoms with Crippen LogP contribution in [0.2, 0.25) is 0 Å². The first-order valence-corrected chi connectivity index (χ1v) is 9.77. The van der Waals surface area contributed by atoms with E-state index in [0.717, 1.165) is 39.0 Å². The van der Waals surface area contributed by atoms with Crippen LogP contribution >= 0.6 is 0 Å². The second-order valence-corrected chi connectivity index (χ2v) is 7.82. The van der Waals surface area contributed by atoms with Gasteiger partial charge in [0.2, 0.25) is 0 Å². The summed E-state index contributed by atoms with van der Waals surface area (Å²) in [5.41, 5.74) is 2.47. The number of aryl methyl sites for hydroxylation is 1. The molecule has 0 fully saturated rings. The topological polar surface area (TPSA) is 68.6 Å². The SMILES string of the molecule is C=CCn1cc(CCC)c2cc(C(=O)OC)cc(N(C)S(=O)(=O)C=C)c21. The molecule has 0 bridgehead atoms. The van der Waals surface area contributed by atoms with Gasteiger partial charge in [-0.3, -0.25) is 4.31 Å². The van der Waals surface area contributed by atoms with Gasteiger partial charge >= 0.3 is 5.97 Å². The lowest BCUT2D eigenvalue weighted by Crippen LogP contribution is -2.25. The van der Waals surface area contributed by atoms with E-state index in [1.54, 1.807) is 12.1 Å². The summed E-state index contributed by atoms with van der Waals surface area (Å²) >= 11 is 0. The van der Waals surface area contributed by atoms with Crippen molar-refractivity contribution in [2.75, 3.05) is 18.5 Å². The number of carbonyl (C=O) groups excluding carboxylic acids is 1. The smallest absolute Gasteiger partial charge is 0.337 e. The Morgan fingerprint density at radius 2 is 2.04 bits per heavy atom. The maximum Gasteiger partial charge on any atom is 0.337 e. The molecule has 1 aromatic carbocycles. The van der Waals surface area contributed by atoms with Crippen molar-refractivity contribution in [1.82, 2.24) is 4.57 Å². The van der Waals surface area contributed by atoms with Gasteiger partial charge in [-0.25, -0.2) is 13.2 Å². The van der Waals surface area contributed by atoms with Crippen molar-refractivity contribution in [2.24, 2.45) is 0 Å². The molecular weight excluding hydrogens is 352 g/mol. The van der Waals surface area contributed by atoms with Gasteiger partial charge in [0.25, 0.3) is 10.0 Å². The molecule has 1 heterocycles. The number of benzene rings is 1. The van der Waals surface area contributed by atoms with Gasteiger partial charge in [-0.15, -0.1) is 6.58 Å². The van der Waals surface area contributed by atoms with E-state index < -0.39 is 16.0 Å². The average Bonchev–Trinajstić information content (AvgIpc) is 2.98. The van der Waals surface area contributed by atoms with E-state index in [0.29, 0.717) is 17.8 Å². The number of anilines is 1. The van der Waals surface area contributed by atoms with Crippen molar-refractivity contribution in [3.63, 3.8) is 0 Å². The number of esters is 1. The van der Waals surface area contributed by atoms with E-state index >= 15 is 0 Å². The van der Waals surface area contributed by atoms with Gasteiger partial charge in [0.1, 0.15) is 0 Å². The molecule has 7 heteroatoms. The molecule has 0 aliphatic heterocycles. The highest BCUT2D eigenvalue weighted by Crippen LogP contribution is 2.34. The molecule has 0 amide bonds. The van der Waals surface area contributed by atoms with Crippen molar-refractivity contribution >= 4 is 32.6 Å². The Kier molecular flexibility index (Phi) is 5.92. The largest absolute Gasteiger partial charge is 0.465 e. The minimum atomic E-state index is -3.72. The third-order valence-electron chi connectivity index (χ3n) is 4.23. The van der Waals surface area contributed by atoms with Gasteiger partial charge in [0.15, 0.2) is 0 Å². The number of allylic oxidation sites excluding steroid dienone is 1. The quantitative estimate of drug-likeness (QED) is 0.522. The first-order valence-electron chi connectivity index (χ1n) is 8.27. The molecule has 0 spiro atoms. The summed E-state index contributed by atoms with van der Waals surface area (Å²) in [6.07, 6.45) is 5.46. The van der Waals surface area contributed by atoms with E-state index in [-0.39, 0.29) is 0 Å². The van der Waals surface area contributed by atoms with Crippen LogP contribution in [-0.2, 0) is 27.7 Å². The number of nitrogens with zero attached hydrogens (tertiary/aromatic N) is 2. The Morgan fingerprint density at radius 3 is 2.58 bits per heavy atom. The Morgan fingerprint density at radius 1 is 1.35 bits per heavy atom. The molecule has 0 aliphatic rings. The van der Waals surface area contributed by atoms with Crippen LogP contribution in [0.4, 0.5) is 5.69 Å². The Hall–Kier alpha value is -2.54. The molecular formula is C19H24N2O4S. The van der Waals surface area contributed by atoms with Gasteiger partial charge in [0.05, 0.1) is 23.9 Å². The first-order chi connectivity index (χ1) is 12.3. The fraction of sp³-hybridized carbons (Fsp3) is 0.316. The van der Waals surface area contributed by atoms with Crippen molar-refractivity contribution in [3.05, 3.63) is 54.1 Å². The van der Waals surface area contributed by atoms with Crippen LogP contribution in [-0.4, -0.2) is 33.1 Å². The van der Waals surface area contributed by atoms with Crippen molar-refractivity contribution in [2.45, 2.75) is 26.3 Å². The lowest BCUT2D eigenvalue weighted by atomic mass is 10.0. The molecule has 2 rings (SSSR count). The zero-order valence-electron chi connectivity index (χ0n) is 15.4. The van der Waals surface area contributed by atoms with Gasteiger partial charge in [-0.2, -0.15) is 0 Å². The number of hydrogen-bond donors (Lipinski definition) is 0. The summed E-state index contributed by atoms with van der Waals surface area (Å²) in [5, 5.41) is 1.72. The monoisotopic (exact) mass is 376 g/mol. The summed E-state index contributed by atoms with van der Waals surface area (Å²) in [4.78, 5) is 12.1. The number of hydrogen-bond acceptors (Lipinski definition) is 4. The highest BCUT2D eigenvalue weighted by atomic mass is 32.2. The molecule has 0 atom stereocenters. The summed E-state index contributed by atoms with van der Waals surface area (Å²) in [5.74, 6) is -0.517. The zero-order valence-corrected chi connectivity index (χ0v) is 16.2. The molecule has 0 saturated carbocycles. The number of ether oxygens (including phenoxy) is 1. The maximum absolute atomic E-state index is 12.4. The van der Waals surface area contributed by atoms with Crippen molar-refractivity contribution in [3.8, 4) is 0 Å². The van der Waals surface area contributed by atoms with E-state index in [4.69, 9.17) is 4.74 Å². The molecule has 0 aliphatic carbocycles. The molecule has 0 unspecified atom stereocenters. The number of sulfonamides is 1. The minimum Gasteiger partial charge on any atom is -0.465 e. The van der Waals surface area contributed by atoms with E-state index in [2.05, 4.69) is 20.1 Å². The maximum atomic E-state index is 12.4. The predicted octanol–water partition coefficient (Wildman–Crippen LogP) is 3.48. The van der Waals surface area contributed by atoms with E-state index in [9.17, 15) is 13.2 Å². The van der Waals surface area contributed by atoms with Crippen LogP contribution < -0.4 is 4.31 Å². The van der Waals surface area contributed by atoms with Crippen molar-refractivity contribution < 1.29 is 17.9 Å². The standard InChI is InChI=1S/C19H24N2O4S/c1-6-9-14-13-21(10-7-2)18-16(14)11-15(19(22)25-5)12-17(18)20(4)26(23,24)8-3/h7-8,11-13H,2-3,6,9-10H2,1,4-5H3. The Labute approximate surface area is 154 Å². The van der Waals surface area contributed by atoms with Gasteiger partial charge < -0.3 is 9.30 Å². The van der Waals surface area contributed by atoms with Crippen molar-refractivity contribution in [1.29, 1.82) is 0 Å². The summed E-state index contributed by atoms with van der Waals surface area (Å²) in [6, 6.07) is 3.29. The molecule has 140 valence electrons. The van der Waals surface area contributed by atoms with Gasteiger partial charge in [0, 0.05) is 30.6 Å². The number of aromatic nitrogens is 1. The fourth-order valence-corrected chi connectivity index (χ4v) is 3.60. The fourth-order valence-electron chi connectivity index (χ4n) is 2.96. The van der Waals surface area contributed by atoms with Crippen LogP contribution in [0, 0.1) is 0 Å². The summed E-state index contributed by atoms with van der Waals surface area (Å²) in [7, 11) is -0.981. The first kappa shape index (κ1) is 19.8. The molecule has 2 aromatic rings. The zero-order chi connectivity index (χ0) is 19.5. The third kappa shape index (κ3) is 3.53. The average molecular weight is 376 g/mol. The van der Waals surface area contributed by atoms with Crippen LogP contribution in [0.25, 0.3) is 10.9 Å². The third-order valence-corrected chi connectivity index (χ3v) is 5.61. The van der Waals surface area contributed by atoms with Crippen LogP contribution in [0.5, 0.6) is 0 Å². The molecule has 0 saturated heterocycles. The predicted molar refractivity (Wildman–Crippen MR) is 105 cm³/mol. The van der Waals surface area contributed by atoms with Gasteiger partial charge in [-0.1, -0.05) is 26.0 Å². The van der Waals surface area contributed by atoms with Crippen LogP contribution in [0.15, 0.2) is 43.0 Å².